The van der Waals surface area contributed by atoms with Crippen LogP contribution < -0.4 is 21.5 Å². The molecule has 9 nitrogen and oxygen atoms in total. The summed E-state index contributed by atoms with van der Waals surface area (Å²) < 4.78 is 32.8. The maximum absolute atomic E-state index is 12.9. The molecule has 0 spiro atoms. The first-order chi connectivity index (χ1) is 12.4. The van der Waals surface area contributed by atoms with Gasteiger partial charge in [-0.05, 0) is 0 Å². The van der Waals surface area contributed by atoms with Crippen LogP contribution in [0.2, 0.25) is 0 Å². The first-order valence-corrected chi connectivity index (χ1v) is 8.34. The zero-order valence-electron chi connectivity index (χ0n) is 13.9. The van der Waals surface area contributed by atoms with E-state index in [-0.39, 0.29) is 18.5 Å². The van der Waals surface area contributed by atoms with Crippen molar-refractivity contribution in [3.05, 3.63) is 17.8 Å². The number of nitrogen functional groups attached to an aromatic ring is 1. The molecule has 1 aliphatic heterocycles. The van der Waals surface area contributed by atoms with E-state index >= 15 is 0 Å². The largest absolute Gasteiger partial charge is 0.378 e. The number of nitrogens with one attached hydrogen (secondary N) is 2. The lowest BCUT2D eigenvalue weighted by Gasteiger charge is -2.35. The van der Waals surface area contributed by atoms with E-state index in [9.17, 15) is 13.6 Å². The van der Waals surface area contributed by atoms with Crippen LogP contribution in [-0.2, 0) is 4.74 Å². The number of carbonyl (C=O) groups excluding carboxylic acids is 1. The number of rotatable bonds is 4. The number of ether oxygens (including phenoxy) is 1. The lowest BCUT2D eigenvalue weighted by Crippen LogP contribution is -2.50. The second-order valence-electron chi connectivity index (χ2n) is 6.48. The fourth-order valence-corrected chi connectivity index (χ4v) is 3.18. The van der Waals surface area contributed by atoms with Gasteiger partial charge < -0.3 is 20.4 Å². The third kappa shape index (κ3) is 3.15. The number of morpholine rings is 1. The Labute approximate surface area is 147 Å². The van der Waals surface area contributed by atoms with Crippen LogP contribution in [0, 0.1) is 0 Å². The van der Waals surface area contributed by atoms with E-state index in [2.05, 4.69) is 25.7 Å². The van der Waals surface area contributed by atoms with Gasteiger partial charge in [0.05, 0.1) is 13.2 Å². The molecule has 2 aliphatic rings. The summed E-state index contributed by atoms with van der Waals surface area (Å²) in [6.07, 6.45) is -0.685. The van der Waals surface area contributed by atoms with Crippen molar-refractivity contribution < 1.29 is 18.3 Å². The smallest absolute Gasteiger partial charge is 0.272 e. The summed E-state index contributed by atoms with van der Waals surface area (Å²) >= 11 is 0. The molecule has 1 saturated heterocycles. The highest BCUT2D eigenvalue weighted by Gasteiger charge is 2.46. The quantitative estimate of drug-likeness (QED) is 0.529. The van der Waals surface area contributed by atoms with Gasteiger partial charge >= 0.3 is 0 Å². The highest BCUT2D eigenvalue weighted by atomic mass is 19.3. The van der Waals surface area contributed by atoms with Crippen LogP contribution in [0.25, 0.3) is 5.65 Å². The van der Waals surface area contributed by atoms with Crippen molar-refractivity contribution in [2.75, 3.05) is 36.6 Å². The average molecular weight is 367 g/mol. The van der Waals surface area contributed by atoms with Crippen LogP contribution in [-0.4, -0.2) is 58.8 Å². The molecule has 140 valence electrons. The first kappa shape index (κ1) is 16.9. The van der Waals surface area contributed by atoms with Gasteiger partial charge in [-0.25, -0.2) is 19.6 Å². The number of fused-ring (bicyclic) bond motifs is 1. The number of aromatic nitrogens is 3. The van der Waals surface area contributed by atoms with Gasteiger partial charge in [0.15, 0.2) is 11.3 Å². The summed E-state index contributed by atoms with van der Waals surface area (Å²) in [5, 5.41) is 6.89. The normalized spacial score (nSPS) is 20.0. The molecule has 1 amide bonds. The predicted molar refractivity (Wildman–Crippen MR) is 89.3 cm³/mol. The highest BCUT2D eigenvalue weighted by molar-refractivity contribution is 5.93. The van der Waals surface area contributed by atoms with Gasteiger partial charge in [-0.2, -0.15) is 9.61 Å². The Morgan fingerprint density at radius 3 is 2.69 bits per heavy atom. The number of nitrogens with zero attached hydrogens (tertiary/aromatic N) is 4. The third-order valence-electron chi connectivity index (χ3n) is 4.55. The molecular formula is C15H19F2N7O2. The summed E-state index contributed by atoms with van der Waals surface area (Å²) in [5.41, 5.74) is 3.06. The number of nitrogens with two attached hydrogens (primary N) is 1. The molecular weight excluding hydrogens is 348 g/mol. The molecule has 1 aliphatic carbocycles. The molecule has 0 radical (unpaired) electrons. The summed E-state index contributed by atoms with van der Waals surface area (Å²) in [7, 11) is 0. The molecule has 1 saturated carbocycles. The Hall–Kier alpha value is -2.53. The van der Waals surface area contributed by atoms with Crippen LogP contribution in [0.15, 0.2) is 12.1 Å². The summed E-state index contributed by atoms with van der Waals surface area (Å²) in [6, 6.07) is 2.71. The number of amides is 1. The number of anilines is 2. The SMILES string of the molecule is NNc1cc(N2CCOCC2)n2nc(C(=O)NC3CC(F)(F)C3)cc2n1. The van der Waals surface area contributed by atoms with Crippen LogP contribution in [0.4, 0.5) is 20.4 Å². The molecule has 2 aromatic rings. The monoisotopic (exact) mass is 367 g/mol. The number of hydrazine groups is 1. The molecule has 2 aromatic heterocycles. The molecule has 3 heterocycles. The zero-order chi connectivity index (χ0) is 18.3. The number of hydrogen-bond acceptors (Lipinski definition) is 7. The highest BCUT2D eigenvalue weighted by Crippen LogP contribution is 2.37. The minimum atomic E-state index is -2.69. The maximum atomic E-state index is 12.9. The minimum absolute atomic E-state index is 0.122. The van der Waals surface area contributed by atoms with Crippen molar-refractivity contribution >= 4 is 23.2 Å². The van der Waals surface area contributed by atoms with Crippen LogP contribution >= 0.6 is 0 Å². The second-order valence-corrected chi connectivity index (χ2v) is 6.48. The number of halogens is 2. The Balaban J connectivity index is 1.62. The van der Waals surface area contributed by atoms with E-state index in [1.165, 1.54) is 6.07 Å². The molecule has 26 heavy (non-hydrogen) atoms. The summed E-state index contributed by atoms with van der Waals surface area (Å²) in [4.78, 5) is 18.7. The topological polar surface area (TPSA) is 110 Å². The fourth-order valence-electron chi connectivity index (χ4n) is 3.18. The van der Waals surface area contributed by atoms with Gasteiger partial charge in [-0.15, -0.1) is 0 Å². The molecule has 2 fully saturated rings. The number of alkyl halides is 2. The number of carbonyl (C=O) groups is 1. The van der Waals surface area contributed by atoms with Crippen LogP contribution in [0.5, 0.6) is 0 Å². The van der Waals surface area contributed by atoms with Crippen molar-refractivity contribution in [1.29, 1.82) is 0 Å². The molecule has 0 bridgehead atoms. The van der Waals surface area contributed by atoms with E-state index in [4.69, 9.17) is 10.6 Å². The average Bonchev–Trinajstić information content (AvgIpc) is 3.04. The van der Waals surface area contributed by atoms with Gasteiger partial charge in [0.2, 0.25) is 0 Å². The van der Waals surface area contributed by atoms with Crippen molar-refractivity contribution in [3.8, 4) is 0 Å². The lowest BCUT2D eigenvalue weighted by molar-refractivity contribution is -0.0901. The van der Waals surface area contributed by atoms with Gasteiger partial charge in [0.1, 0.15) is 11.6 Å². The Morgan fingerprint density at radius 1 is 1.31 bits per heavy atom. The molecule has 4 N–H and O–H groups in total. The summed E-state index contributed by atoms with van der Waals surface area (Å²) in [5.74, 6) is 3.46. The Kier molecular flexibility index (Phi) is 4.11. The van der Waals surface area contributed by atoms with Crippen molar-refractivity contribution in [2.45, 2.75) is 24.8 Å². The van der Waals surface area contributed by atoms with Gasteiger partial charge in [0, 0.05) is 44.1 Å². The van der Waals surface area contributed by atoms with E-state index in [0.29, 0.717) is 37.8 Å². The van der Waals surface area contributed by atoms with Gasteiger partial charge in [-0.1, -0.05) is 0 Å². The standard InChI is InChI=1S/C15H19F2N7O2/c16-15(17)7-9(8-15)19-14(25)10-5-12-20-11(21-18)6-13(24(12)22-10)23-1-3-26-4-2-23/h5-6,9H,1-4,7-8,18H2,(H,19,25)(H,20,21). The molecule has 0 aromatic carbocycles. The van der Waals surface area contributed by atoms with E-state index in [1.807, 2.05) is 0 Å². The van der Waals surface area contributed by atoms with Crippen molar-refractivity contribution in [1.82, 2.24) is 19.9 Å². The van der Waals surface area contributed by atoms with Gasteiger partial charge in [-0.3, -0.25) is 4.79 Å². The summed E-state index contributed by atoms with van der Waals surface area (Å²) in [6.45, 7) is 2.50. The molecule has 4 rings (SSSR count). The third-order valence-corrected chi connectivity index (χ3v) is 4.55. The fraction of sp³-hybridized carbons (Fsp3) is 0.533. The van der Waals surface area contributed by atoms with Crippen LogP contribution in [0.1, 0.15) is 23.3 Å². The van der Waals surface area contributed by atoms with E-state index < -0.39 is 17.9 Å². The zero-order valence-corrected chi connectivity index (χ0v) is 13.9. The number of hydrogen-bond donors (Lipinski definition) is 3. The lowest BCUT2D eigenvalue weighted by atomic mass is 9.88. The second kappa shape index (κ2) is 6.32. The first-order valence-electron chi connectivity index (χ1n) is 8.34. The molecule has 0 atom stereocenters. The predicted octanol–water partition coefficient (Wildman–Crippen LogP) is 0.379. The van der Waals surface area contributed by atoms with Crippen LogP contribution in [0.3, 0.4) is 0 Å². The molecule has 0 unspecified atom stereocenters. The van der Waals surface area contributed by atoms with Gasteiger partial charge in [0.25, 0.3) is 11.8 Å². The van der Waals surface area contributed by atoms with E-state index in [1.54, 1.807) is 10.6 Å². The Bertz CT molecular complexity index is 827. The Morgan fingerprint density at radius 2 is 2.04 bits per heavy atom. The van der Waals surface area contributed by atoms with Crippen molar-refractivity contribution in [2.24, 2.45) is 5.84 Å². The van der Waals surface area contributed by atoms with Crippen molar-refractivity contribution in [3.63, 3.8) is 0 Å². The minimum Gasteiger partial charge on any atom is -0.378 e. The van der Waals surface area contributed by atoms with E-state index in [0.717, 1.165) is 5.82 Å². The molecule has 11 heteroatoms. The maximum Gasteiger partial charge on any atom is 0.272 e.